The van der Waals surface area contributed by atoms with Crippen LogP contribution in [-0.2, 0) is 5.54 Å². The minimum atomic E-state index is -0.443. The molecule has 0 unspecified atom stereocenters. The number of fused-ring (bicyclic) bond motifs is 1. The van der Waals surface area contributed by atoms with Gasteiger partial charge in [0, 0.05) is 37.3 Å². The van der Waals surface area contributed by atoms with E-state index in [1.54, 1.807) is 16.8 Å². The number of nitrogens with one attached hydrogen (secondary N) is 1. The molecule has 5 rings (SSSR count). The van der Waals surface area contributed by atoms with E-state index < -0.39 is 6.04 Å². The van der Waals surface area contributed by atoms with E-state index in [0.29, 0.717) is 43.3 Å². The minimum absolute atomic E-state index is 0.159. The number of aromatic nitrogens is 5. The van der Waals surface area contributed by atoms with Gasteiger partial charge in [-0.2, -0.15) is 0 Å². The van der Waals surface area contributed by atoms with Crippen molar-refractivity contribution in [1.82, 2.24) is 30.1 Å². The predicted octanol–water partition coefficient (Wildman–Crippen LogP) is 3.63. The molecule has 35 heavy (non-hydrogen) atoms. The summed E-state index contributed by atoms with van der Waals surface area (Å²) >= 11 is 0. The molecule has 8 nitrogen and oxygen atoms in total. The van der Waals surface area contributed by atoms with E-state index in [1.807, 2.05) is 62.9 Å². The zero-order valence-corrected chi connectivity index (χ0v) is 20.5. The van der Waals surface area contributed by atoms with E-state index in [0.717, 1.165) is 16.5 Å². The Bertz CT molecular complexity index is 1410. The van der Waals surface area contributed by atoms with Crippen molar-refractivity contribution in [2.75, 3.05) is 31.1 Å². The Kier molecular flexibility index (Phi) is 5.88. The number of H-pyrrole nitrogens is 1. The number of halogens is 1. The summed E-state index contributed by atoms with van der Waals surface area (Å²) in [6, 6.07) is 14.4. The van der Waals surface area contributed by atoms with Crippen LogP contribution >= 0.6 is 0 Å². The van der Waals surface area contributed by atoms with Gasteiger partial charge in [0.2, 0.25) is 0 Å². The fourth-order valence-corrected chi connectivity index (χ4v) is 4.81. The van der Waals surface area contributed by atoms with Gasteiger partial charge in [0.1, 0.15) is 11.9 Å². The van der Waals surface area contributed by atoms with E-state index in [1.165, 1.54) is 6.07 Å². The zero-order chi connectivity index (χ0) is 24.7. The Morgan fingerprint density at radius 3 is 2.49 bits per heavy atom. The third kappa shape index (κ3) is 4.43. The molecule has 3 heterocycles. The van der Waals surface area contributed by atoms with Gasteiger partial charge in [-0.05, 0) is 73.3 Å². The number of hydrogen-bond acceptors (Lipinski definition) is 6. The number of aryl methyl sites for hydroxylation is 1. The van der Waals surface area contributed by atoms with Crippen LogP contribution in [0.5, 0.6) is 0 Å². The maximum atomic E-state index is 14.4. The molecule has 1 N–H and O–H groups in total. The molecule has 0 saturated carbocycles. The van der Waals surface area contributed by atoms with Crippen LogP contribution in [0.1, 0.15) is 43.8 Å². The van der Waals surface area contributed by atoms with Gasteiger partial charge in [-0.25, -0.2) is 9.07 Å². The highest BCUT2D eigenvalue weighted by atomic mass is 19.1. The van der Waals surface area contributed by atoms with Crippen LogP contribution in [0.2, 0.25) is 0 Å². The lowest BCUT2D eigenvalue weighted by Crippen LogP contribution is -2.49. The summed E-state index contributed by atoms with van der Waals surface area (Å²) in [5.41, 5.74) is 2.55. The molecule has 1 saturated heterocycles. The van der Waals surface area contributed by atoms with Gasteiger partial charge >= 0.3 is 0 Å². The number of rotatable bonds is 4. The Balaban J connectivity index is 1.56. The monoisotopic (exact) mass is 475 g/mol. The van der Waals surface area contributed by atoms with E-state index >= 15 is 0 Å². The molecular weight excluding hydrogens is 445 g/mol. The third-order valence-corrected chi connectivity index (χ3v) is 6.57. The first-order chi connectivity index (χ1) is 16.7. The lowest BCUT2D eigenvalue weighted by Gasteiger charge is -2.40. The maximum Gasteiger partial charge on any atom is 0.253 e. The Morgan fingerprint density at radius 2 is 1.77 bits per heavy atom. The first-order valence-corrected chi connectivity index (χ1v) is 11.9. The normalized spacial score (nSPS) is 16.1. The number of nitrogens with zero attached hydrogens (tertiary/aromatic N) is 6. The highest BCUT2D eigenvalue weighted by Crippen LogP contribution is 2.31. The maximum absolute atomic E-state index is 14.4. The molecule has 1 fully saturated rings. The van der Waals surface area contributed by atoms with Gasteiger partial charge in [-0.1, -0.05) is 24.3 Å². The smallest absolute Gasteiger partial charge is 0.253 e. The van der Waals surface area contributed by atoms with E-state index in [-0.39, 0.29) is 16.9 Å². The van der Waals surface area contributed by atoms with Crippen LogP contribution in [0.3, 0.4) is 0 Å². The second-order valence-corrected chi connectivity index (χ2v) is 10.1. The molecule has 1 atom stereocenters. The second kappa shape index (κ2) is 8.88. The quantitative estimate of drug-likeness (QED) is 0.485. The van der Waals surface area contributed by atoms with Crippen molar-refractivity contribution in [1.29, 1.82) is 0 Å². The lowest BCUT2D eigenvalue weighted by atomic mass is 10.0. The molecule has 0 radical (unpaired) electrons. The molecule has 1 aliphatic rings. The highest BCUT2D eigenvalue weighted by Gasteiger charge is 2.35. The SMILES string of the molecule is Cc1ccc2cc([C@@H](c3nnnn3C(C)(C)C)N3CCN(c4ccccc4F)CC3)c(=O)[nH]c2c1. The van der Waals surface area contributed by atoms with Crippen molar-refractivity contribution in [3.8, 4) is 0 Å². The van der Waals surface area contributed by atoms with Crippen LogP contribution in [0.25, 0.3) is 10.9 Å². The van der Waals surface area contributed by atoms with Gasteiger partial charge in [-0.15, -0.1) is 5.10 Å². The fourth-order valence-electron chi connectivity index (χ4n) is 4.81. The molecule has 1 aliphatic heterocycles. The van der Waals surface area contributed by atoms with Crippen molar-refractivity contribution in [3.05, 3.63) is 81.7 Å². The van der Waals surface area contributed by atoms with Crippen LogP contribution in [-0.4, -0.2) is 56.3 Å². The molecule has 0 spiro atoms. The molecule has 9 heteroatoms. The molecule has 0 bridgehead atoms. The number of benzene rings is 2. The van der Waals surface area contributed by atoms with Crippen LogP contribution in [0.4, 0.5) is 10.1 Å². The Labute approximate surface area is 203 Å². The minimum Gasteiger partial charge on any atom is -0.367 e. The fraction of sp³-hybridized carbons (Fsp3) is 0.385. The van der Waals surface area contributed by atoms with Crippen molar-refractivity contribution >= 4 is 16.6 Å². The van der Waals surface area contributed by atoms with Crippen LogP contribution < -0.4 is 10.5 Å². The van der Waals surface area contributed by atoms with E-state index in [2.05, 4.69) is 25.4 Å². The highest BCUT2D eigenvalue weighted by molar-refractivity contribution is 5.79. The summed E-state index contributed by atoms with van der Waals surface area (Å²) in [5.74, 6) is 0.393. The number of piperazine rings is 1. The second-order valence-electron chi connectivity index (χ2n) is 10.1. The molecule has 0 amide bonds. The first kappa shape index (κ1) is 23.2. The average molecular weight is 476 g/mol. The summed E-state index contributed by atoms with van der Waals surface area (Å²) in [6.07, 6.45) is 0. The Morgan fingerprint density at radius 1 is 1.03 bits per heavy atom. The molecule has 2 aromatic heterocycles. The summed E-state index contributed by atoms with van der Waals surface area (Å²) < 4.78 is 16.2. The molecule has 2 aromatic carbocycles. The topological polar surface area (TPSA) is 82.9 Å². The number of hydrogen-bond donors (Lipinski definition) is 1. The van der Waals surface area contributed by atoms with Crippen molar-refractivity contribution in [2.45, 2.75) is 39.3 Å². The van der Waals surface area contributed by atoms with Crippen molar-refractivity contribution < 1.29 is 4.39 Å². The number of aromatic amines is 1. The number of para-hydroxylation sites is 1. The molecule has 0 aliphatic carbocycles. The summed E-state index contributed by atoms with van der Waals surface area (Å²) in [4.78, 5) is 20.7. The predicted molar refractivity (Wildman–Crippen MR) is 134 cm³/mol. The van der Waals surface area contributed by atoms with Crippen LogP contribution in [0, 0.1) is 12.7 Å². The van der Waals surface area contributed by atoms with Gasteiger partial charge in [0.25, 0.3) is 5.56 Å². The zero-order valence-electron chi connectivity index (χ0n) is 20.5. The number of anilines is 1. The van der Waals surface area contributed by atoms with E-state index in [4.69, 9.17) is 0 Å². The molecular formula is C26H30FN7O. The third-order valence-electron chi connectivity index (χ3n) is 6.57. The summed E-state index contributed by atoms with van der Waals surface area (Å²) in [5, 5.41) is 13.6. The van der Waals surface area contributed by atoms with Crippen molar-refractivity contribution in [2.24, 2.45) is 0 Å². The summed E-state index contributed by atoms with van der Waals surface area (Å²) in [7, 11) is 0. The van der Waals surface area contributed by atoms with Gasteiger partial charge in [-0.3, -0.25) is 9.69 Å². The van der Waals surface area contributed by atoms with Gasteiger partial charge < -0.3 is 9.88 Å². The number of pyridine rings is 1. The number of tetrazole rings is 1. The first-order valence-electron chi connectivity index (χ1n) is 11.9. The van der Waals surface area contributed by atoms with Crippen molar-refractivity contribution in [3.63, 3.8) is 0 Å². The standard InChI is InChI=1S/C26H30FN7O/c1-17-9-10-18-16-19(25(35)28-21(18)15-17)23(24-29-30-31-34(24)26(2,3)4)33-13-11-32(12-14-33)22-8-6-5-7-20(22)27/h5-10,15-16,23H,11-14H2,1-4H3,(H,28,35)/t23-/m0/s1. The lowest BCUT2D eigenvalue weighted by molar-refractivity contribution is 0.190. The van der Waals surface area contributed by atoms with E-state index in [9.17, 15) is 9.18 Å². The van der Waals surface area contributed by atoms with Crippen LogP contribution in [0.15, 0.2) is 53.3 Å². The van der Waals surface area contributed by atoms with Gasteiger partial charge in [0.15, 0.2) is 5.82 Å². The molecule has 182 valence electrons. The largest absolute Gasteiger partial charge is 0.367 e. The summed E-state index contributed by atoms with van der Waals surface area (Å²) in [6.45, 7) is 10.6. The Hall–Kier alpha value is -3.59. The molecule has 4 aromatic rings. The van der Waals surface area contributed by atoms with Gasteiger partial charge in [0.05, 0.1) is 11.2 Å². The average Bonchev–Trinajstić information content (AvgIpc) is 3.31.